The van der Waals surface area contributed by atoms with Crippen molar-refractivity contribution in [3.8, 4) is 0 Å². The first-order valence-corrected chi connectivity index (χ1v) is 11.0. The van der Waals surface area contributed by atoms with E-state index in [9.17, 15) is 19.5 Å². The molecular weight excluding hydrogens is 410 g/mol. The predicted octanol–water partition coefficient (Wildman–Crippen LogP) is 3.12. The summed E-state index contributed by atoms with van der Waals surface area (Å²) in [7, 11) is 0. The van der Waals surface area contributed by atoms with E-state index in [0.717, 1.165) is 36.9 Å². The summed E-state index contributed by atoms with van der Waals surface area (Å²) in [5.74, 6) is -3.17. The largest absolute Gasteiger partial charge is 0.457 e. The third kappa shape index (κ3) is 10.3. The molecule has 2 N–H and O–H groups in total. The highest BCUT2D eigenvalue weighted by Crippen LogP contribution is 2.10. The summed E-state index contributed by atoms with van der Waals surface area (Å²) in [5.41, 5.74) is 1.83. The third-order valence-corrected chi connectivity index (χ3v) is 4.84. The van der Waals surface area contributed by atoms with E-state index in [1.54, 1.807) is 0 Å². The first kappa shape index (κ1) is 25.2. The molecular formula is C25H31NO6. The normalized spacial score (nSPS) is 11.5. The van der Waals surface area contributed by atoms with Gasteiger partial charge in [0.25, 0.3) is 0 Å². The second kappa shape index (κ2) is 14.9. The molecule has 0 aliphatic heterocycles. The maximum atomic E-state index is 11.7. The van der Waals surface area contributed by atoms with E-state index < -0.39 is 24.0 Å². The summed E-state index contributed by atoms with van der Waals surface area (Å²) < 4.78 is 9.39. The number of esters is 3. The van der Waals surface area contributed by atoms with Crippen LogP contribution in [0.3, 0.4) is 0 Å². The lowest BCUT2D eigenvalue weighted by Gasteiger charge is -2.12. The molecule has 0 spiro atoms. The second-order valence-electron chi connectivity index (χ2n) is 7.43. The summed E-state index contributed by atoms with van der Waals surface area (Å²) in [5, 5.41) is 13.3. The van der Waals surface area contributed by atoms with Crippen LogP contribution < -0.4 is 5.32 Å². The standard InChI is InChI=1S/C25H31NO6/c27-22(21-13-7-4-8-14-21)19-26-17-9-1-2-10-18-31-24(29)25(30)32-23(28)16-15-20-11-5-3-6-12-20/h3-8,11-14,22,26-27H,1-2,9-10,15-19H2. The Balaban J connectivity index is 1.45. The number of carbonyl (C=O) groups excluding carboxylic acids is 3. The number of hydrogen-bond acceptors (Lipinski definition) is 7. The zero-order valence-electron chi connectivity index (χ0n) is 18.2. The molecule has 2 aromatic rings. The van der Waals surface area contributed by atoms with Gasteiger partial charge in [0.2, 0.25) is 0 Å². The molecule has 0 bridgehead atoms. The summed E-state index contributed by atoms with van der Waals surface area (Å²) in [6.07, 6.45) is 3.22. The van der Waals surface area contributed by atoms with Gasteiger partial charge in [-0.05, 0) is 36.9 Å². The Morgan fingerprint density at radius 2 is 1.50 bits per heavy atom. The molecule has 0 aromatic heterocycles. The number of benzene rings is 2. The average molecular weight is 442 g/mol. The van der Waals surface area contributed by atoms with Crippen LogP contribution in [0, 0.1) is 0 Å². The van der Waals surface area contributed by atoms with Crippen molar-refractivity contribution in [2.75, 3.05) is 19.7 Å². The van der Waals surface area contributed by atoms with Gasteiger partial charge in [-0.1, -0.05) is 73.5 Å². The van der Waals surface area contributed by atoms with Crippen LogP contribution in [0.5, 0.6) is 0 Å². The molecule has 0 aliphatic carbocycles. The first-order chi connectivity index (χ1) is 15.6. The number of aliphatic hydroxyl groups excluding tert-OH is 1. The van der Waals surface area contributed by atoms with Crippen LogP contribution in [-0.4, -0.2) is 42.7 Å². The molecule has 2 rings (SSSR count). The summed E-state index contributed by atoms with van der Waals surface area (Å²) in [6.45, 7) is 1.38. The van der Waals surface area contributed by atoms with E-state index in [1.165, 1.54) is 0 Å². The van der Waals surface area contributed by atoms with Crippen LogP contribution in [0.15, 0.2) is 60.7 Å². The molecule has 2 aromatic carbocycles. The molecule has 0 amide bonds. The van der Waals surface area contributed by atoms with Crippen molar-refractivity contribution in [1.29, 1.82) is 0 Å². The Hall–Kier alpha value is -3.03. The smallest absolute Gasteiger partial charge is 0.425 e. The number of hydrogen-bond donors (Lipinski definition) is 2. The molecule has 0 heterocycles. The lowest BCUT2D eigenvalue weighted by atomic mass is 10.1. The van der Waals surface area contributed by atoms with Gasteiger partial charge in [0, 0.05) is 6.54 Å². The molecule has 0 radical (unpaired) electrons. The Morgan fingerprint density at radius 1 is 0.844 bits per heavy atom. The highest BCUT2D eigenvalue weighted by atomic mass is 16.6. The Kier molecular flexibility index (Phi) is 11.7. The van der Waals surface area contributed by atoms with Crippen molar-refractivity contribution in [3.63, 3.8) is 0 Å². The minimum absolute atomic E-state index is 0.0133. The summed E-state index contributed by atoms with van der Waals surface area (Å²) in [4.78, 5) is 34.9. The molecule has 0 saturated heterocycles. The molecule has 0 saturated carbocycles. The number of unbranched alkanes of at least 4 members (excludes halogenated alkanes) is 3. The van der Waals surface area contributed by atoms with Gasteiger partial charge in [0.05, 0.1) is 19.1 Å². The molecule has 0 aliphatic rings. The zero-order valence-corrected chi connectivity index (χ0v) is 18.2. The van der Waals surface area contributed by atoms with Gasteiger partial charge in [-0.15, -0.1) is 0 Å². The monoisotopic (exact) mass is 441 g/mol. The van der Waals surface area contributed by atoms with E-state index in [0.29, 0.717) is 19.4 Å². The van der Waals surface area contributed by atoms with Gasteiger partial charge in [-0.25, -0.2) is 9.59 Å². The lowest BCUT2D eigenvalue weighted by Crippen LogP contribution is -2.24. The first-order valence-electron chi connectivity index (χ1n) is 11.0. The van der Waals surface area contributed by atoms with Crippen LogP contribution in [0.4, 0.5) is 0 Å². The fourth-order valence-electron chi connectivity index (χ4n) is 3.05. The minimum Gasteiger partial charge on any atom is -0.457 e. The van der Waals surface area contributed by atoms with Gasteiger partial charge in [0.1, 0.15) is 0 Å². The molecule has 32 heavy (non-hydrogen) atoms. The van der Waals surface area contributed by atoms with Gasteiger partial charge in [0.15, 0.2) is 0 Å². The molecule has 1 unspecified atom stereocenters. The van der Waals surface area contributed by atoms with Crippen LogP contribution in [0.25, 0.3) is 0 Å². The fraction of sp³-hybridized carbons (Fsp3) is 0.400. The Bertz CT molecular complexity index is 825. The molecule has 7 nitrogen and oxygen atoms in total. The SMILES string of the molecule is O=C(CCc1ccccc1)OC(=O)C(=O)OCCCCCCNCC(O)c1ccccc1. The molecule has 1 atom stereocenters. The average Bonchev–Trinajstić information content (AvgIpc) is 2.82. The number of carbonyl (C=O) groups is 3. The minimum atomic E-state index is -1.27. The van der Waals surface area contributed by atoms with Crippen molar-refractivity contribution in [1.82, 2.24) is 5.32 Å². The van der Waals surface area contributed by atoms with E-state index in [-0.39, 0.29) is 13.0 Å². The predicted molar refractivity (Wildman–Crippen MR) is 120 cm³/mol. The van der Waals surface area contributed by atoms with Crippen molar-refractivity contribution >= 4 is 17.9 Å². The van der Waals surface area contributed by atoms with Gasteiger partial charge >= 0.3 is 17.9 Å². The quantitative estimate of drug-likeness (QED) is 0.213. The third-order valence-electron chi connectivity index (χ3n) is 4.84. The van der Waals surface area contributed by atoms with Crippen LogP contribution in [-0.2, 0) is 30.3 Å². The van der Waals surface area contributed by atoms with Crippen LogP contribution >= 0.6 is 0 Å². The number of aryl methyl sites for hydroxylation is 1. The van der Waals surface area contributed by atoms with Crippen LogP contribution in [0.1, 0.15) is 49.3 Å². The molecule has 172 valence electrons. The topological polar surface area (TPSA) is 102 Å². The van der Waals surface area contributed by atoms with E-state index >= 15 is 0 Å². The number of rotatable bonds is 13. The number of nitrogens with one attached hydrogen (secondary N) is 1. The van der Waals surface area contributed by atoms with E-state index in [2.05, 4.69) is 10.1 Å². The Labute approximate surface area is 188 Å². The van der Waals surface area contributed by atoms with Gasteiger partial charge in [-0.3, -0.25) is 4.79 Å². The maximum absolute atomic E-state index is 11.7. The van der Waals surface area contributed by atoms with Crippen molar-refractivity contribution in [3.05, 3.63) is 71.8 Å². The second-order valence-corrected chi connectivity index (χ2v) is 7.43. The Morgan fingerprint density at radius 3 is 2.22 bits per heavy atom. The van der Waals surface area contributed by atoms with Gasteiger partial charge < -0.3 is 19.9 Å². The van der Waals surface area contributed by atoms with Gasteiger partial charge in [-0.2, -0.15) is 0 Å². The maximum Gasteiger partial charge on any atom is 0.425 e. The number of ether oxygens (including phenoxy) is 2. The van der Waals surface area contributed by atoms with Crippen LogP contribution in [0.2, 0.25) is 0 Å². The van der Waals surface area contributed by atoms with E-state index in [1.807, 2.05) is 60.7 Å². The summed E-state index contributed by atoms with van der Waals surface area (Å²) >= 11 is 0. The van der Waals surface area contributed by atoms with Crippen molar-refractivity contribution in [2.24, 2.45) is 0 Å². The highest BCUT2D eigenvalue weighted by molar-refractivity contribution is 6.31. The molecule has 0 fully saturated rings. The zero-order chi connectivity index (χ0) is 23.0. The number of aliphatic hydroxyl groups is 1. The summed E-state index contributed by atoms with van der Waals surface area (Å²) in [6, 6.07) is 18.8. The van der Waals surface area contributed by atoms with E-state index in [4.69, 9.17) is 4.74 Å². The lowest BCUT2D eigenvalue weighted by molar-refractivity contribution is -0.173. The fourth-order valence-corrected chi connectivity index (χ4v) is 3.05. The van der Waals surface area contributed by atoms with Crippen molar-refractivity contribution in [2.45, 2.75) is 44.6 Å². The molecule has 7 heteroatoms. The van der Waals surface area contributed by atoms with Crippen molar-refractivity contribution < 1.29 is 29.0 Å². The highest BCUT2D eigenvalue weighted by Gasteiger charge is 2.20.